The molecule has 1 N–H and O–H groups in total. The smallest absolute Gasteiger partial charge is 0.234 e. The van der Waals surface area contributed by atoms with Crippen molar-refractivity contribution in [1.82, 2.24) is 19.7 Å². The fourth-order valence-corrected chi connectivity index (χ4v) is 3.12. The Morgan fingerprint density at radius 1 is 1.24 bits per heavy atom. The summed E-state index contributed by atoms with van der Waals surface area (Å²) in [5.74, 6) is 0.748. The van der Waals surface area contributed by atoms with Crippen LogP contribution in [-0.4, -0.2) is 31.4 Å². The Bertz CT molecular complexity index is 912. The number of carbonyl (C=O) groups excluding carboxylic acids is 1. The number of rotatable bonds is 5. The molecule has 3 rings (SSSR count). The predicted molar refractivity (Wildman–Crippen MR) is 99.4 cm³/mol. The van der Waals surface area contributed by atoms with Crippen LogP contribution >= 0.6 is 23.4 Å². The summed E-state index contributed by atoms with van der Waals surface area (Å²) in [6.45, 7) is 3.89. The van der Waals surface area contributed by atoms with Crippen LogP contribution in [0, 0.1) is 13.8 Å². The van der Waals surface area contributed by atoms with Crippen LogP contribution in [0.5, 0.6) is 0 Å². The third-order valence-corrected chi connectivity index (χ3v) is 4.61. The Hall–Kier alpha value is -2.38. The number of carbonyl (C=O) groups is 1. The van der Waals surface area contributed by atoms with E-state index >= 15 is 0 Å². The summed E-state index contributed by atoms with van der Waals surface area (Å²) in [6, 6.07) is 10.9. The second kappa shape index (κ2) is 7.67. The summed E-state index contributed by atoms with van der Waals surface area (Å²) in [7, 11) is 0. The highest BCUT2D eigenvalue weighted by Crippen LogP contribution is 2.22. The molecule has 0 unspecified atom stereocenters. The Kier molecular flexibility index (Phi) is 5.35. The summed E-state index contributed by atoms with van der Waals surface area (Å²) < 4.78 is 1.75. The SMILES string of the molecule is Cc1cc(C)n(-c2cc(SCC(=O)Nc3ccccc3Cl)ncn2)n1. The van der Waals surface area contributed by atoms with Gasteiger partial charge in [0.1, 0.15) is 11.4 Å². The molecule has 0 saturated carbocycles. The molecule has 0 atom stereocenters. The fourth-order valence-electron chi connectivity index (χ4n) is 2.27. The lowest BCUT2D eigenvalue weighted by atomic mass is 10.3. The van der Waals surface area contributed by atoms with Gasteiger partial charge >= 0.3 is 0 Å². The second-order valence-electron chi connectivity index (χ2n) is 5.37. The molecule has 1 aromatic carbocycles. The molecule has 0 saturated heterocycles. The van der Waals surface area contributed by atoms with Gasteiger partial charge in [-0.1, -0.05) is 35.5 Å². The topological polar surface area (TPSA) is 72.7 Å². The molecular weight excluding hydrogens is 358 g/mol. The molecule has 128 valence electrons. The largest absolute Gasteiger partial charge is 0.324 e. The zero-order valence-electron chi connectivity index (χ0n) is 13.7. The third-order valence-electron chi connectivity index (χ3n) is 3.35. The molecular formula is C17H16ClN5OS. The van der Waals surface area contributed by atoms with E-state index in [4.69, 9.17) is 11.6 Å². The maximum atomic E-state index is 12.1. The number of aromatic nitrogens is 4. The van der Waals surface area contributed by atoms with Gasteiger partial charge in [0.25, 0.3) is 0 Å². The van der Waals surface area contributed by atoms with E-state index in [1.54, 1.807) is 16.8 Å². The molecule has 0 bridgehead atoms. The van der Waals surface area contributed by atoms with Crippen molar-refractivity contribution in [3.05, 3.63) is 59.1 Å². The number of nitrogens with zero attached hydrogens (tertiary/aromatic N) is 4. The molecule has 3 aromatic rings. The lowest BCUT2D eigenvalue weighted by molar-refractivity contribution is -0.113. The predicted octanol–water partition coefficient (Wildman–Crippen LogP) is 3.66. The quantitative estimate of drug-likeness (QED) is 0.545. The van der Waals surface area contributed by atoms with Crippen LogP contribution in [0.4, 0.5) is 5.69 Å². The van der Waals surface area contributed by atoms with E-state index in [1.165, 1.54) is 18.1 Å². The molecule has 0 spiro atoms. The fraction of sp³-hybridized carbons (Fsp3) is 0.176. The van der Waals surface area contributed by atoms with Crippen molar-refractivity contribution in [3.63, 3.8) is 0 Å². The van der Waals surface area contributed by atoms with E-state index < -0.39 is 0 Å². The van der Waals surface area contributed by atoms with Crippen molar-refractivity contribution in [2.75, 3.05) is 11.1 Å². The summed E-state index contributed by atoms with van der Waals surface area (Å²) >= 11 is 7.37. The number of anilines is 1. The molecule has 6 nitrogen and oxygen atoms in total. The number of hydrogen-bond donors (Lipinski definition) is 1. The van der Waals surface area contributed by atoms with Crippen LogP contribution < -0.4 is 5.32 Å². The normalized spacial score (nSPS) is 10.7. The molecule has 2 heterocycles. The Labute approximate surface area is 154 Å². The summed E-state index contributed by atoms with van der Waals surface area (Å²) in [5.41, 5.74) is 2.51. The van der Waals surface area contributed by atoms with Crippen molar-refractivity contribution < 1.29 is 4.79 Å². The molecule has 0 aliphatic carbocycles. The van der Waals surface area contributed by atoms with Gasteiger partial charge in [-0.25, -0.2) is 14.6 Å². The molecule has 8 heteroatoms. The third kappa shape index (κ3) is 4.37. The van der Waals surface area contributed by atoms with Gasteiger partial charge in [0.2, 0.25) is 5.91 Å². The maximum absolute atomic E-state index is 12.1. The Morgan fingerprint density at radius 3 is 2.76 bits per heavy atom. The Morgan fingerprint density at radius 2 is 2.04 bits per heavy atom. The number of aryl methyl sites for hydroxylation is 2. The van der Waals surface area contributed by atoms with E-state index in [2.05, 4.69) is 20.4 Å². The number of nitrogens with one attached hydrogen (secondary N) is 1. The van der Waals surface area contributed by atoms with Gasteiger partial charge in [-0.05, 0) is 32.0 Å². The van der Waals surface area contributed by atoms with E-state index in [0.29, 0.717) is 21.6 Å². The van der Waals surface area contributed by atoms with Crippen LogP contribution in [0.25, 0.3) is 5.82 Å². The number of halogens is 1. The average molecular weight is 374 g/mol. The number of hydrogen-bond acceptors (Lipinski definition) is 5. The van der Waals surface area contributed by atoms with E-state index in [-0.39, 0.29) is 11.7 Å². The second-order valence-corrected chi connectivity index (χ2v) is 6.77. The lowest BCUT2D eigenvalue weighted by Crippen LogP contribution is -2.14. The molecule has 0 radical (unpaired) electrons. The molecule has 0 aliphatic rings. The van der Waals surface area contributed by atoms with Crippen molar-refractivity contribution in [2.45, 2.75) is 18.9 Å². The van der Waals surface area contributed by atoms with E-state index in [9.17, 15) is 4.79 Å². The highest BCUT2D eigenvalue weighted by Gasteiger charge is 2.10. The minimum Gasteiger partial charge on any atom is -0.324 e. The van der Waals surface area contributed by atoms with Gasteiger partial charge in [-0.2, -0.15) is 5.10 Å². The highest BCUT2D eigenvalue weighted by atomic mass is 35.5. The molecule has 0 aliphatic heterocycles. The van der Waals surface area contributed by atoms with Gasteiger partial charge in [-0.3, -0.25) is 4.79 Å². The number of benzene rings is 1. The van der Waals surface area contributed by atoms with E-state index in [1.807, 2.05) is 38.1 Å². The van der Waals surface area contributed by atoms with Crippen molar-refractivity contribution in [1.29, 1.82) is 0 Å². The zero-order valence-corrected chi connectivity index (χ0v) is 15.3. The van der Waals surface area contributed by atoms with Crippen LogP contribution in [0.1, 0.15) is 11.4 Å². The monoisotopic (exact) mass is 373 g/mol. The van der Waals surface area contributed by atoms with Crippen LogP contribution in [0.15, 0.2) is 47.8 Å². The van der Waals surface area contributed by atoms with Crippen molar-refractivity contribution in [3.8, 4) is 5.82 Å². The van der Waals surface area contributed by atoms with Crippen molar-refractivity contribution >= 4 is 35.0 Å². The minimum atomic E-state index is -0.149. The summed E-state index contributed by atoms with van der Waals surface area (Å²) in [4.78, 5) is 20.5. The van der Waals surface area contributed by atoms with Gasteiger partial charge in [0.15, 0.2) is 5.82 Å². The van der Waals surface area contributed by atoms with Gasteiger partial charge in [0.05, 0.1) is 22.2 Å². The number of para-hydroxylation sites is 1. The van der Waals surface area contributed by atoms with Crippen LogP contribution in [0.3, 0.4) is 0 Å². The van der Waals surface area contributed by atoms with Crippen LogP contribution in [0.2, 0.25) is 5.02 Å². The first kappa shape index (κ1) is 17.4. The van der Waals surface area contributed by atoms with Gasteiger partial charge in [0, 0.05) is 11.8 Å². The number of amides is 1. The zero-order chi connectivity index (χ0) is 17.8. The Balaban J connectivity index is 1.66. The first-order valence-corrected chi connectivity index (χ1v) is 8.92. The lowest BCUT2D eigenvalue weighted by Gasteiger charge is -2.07. The first-order valence-electron chi connectivity index (χ1n) is 7.56. The number of thioether (sulfide) groups is 1. The molecule has 25 heavy (non-hydrogen) atoms. The van der Waals surface area contributed by atoms with Gasteiger partial charge < -0.3 is 5.32 Å². The van der Waals surface area contributed by atoms with Gasteiger partial charge in [-0.15, -0.1) is 0 Å². The minimum absolute atomic E-state index is 0.149. The van der Waals surface area contributed by atoms with E-state index in [0.717, 1.165) is 11.4 Å². The summed E-state index contributed by atoms with van der Waals surface area (Å²) in [5, 5.41) is 8.40. The molecule has 2 aromatic heterocycles. The first-order chi connectivity index (χ1) is 12.0. The maximum Gasteiger partial charge on any atom is 0.234 e. The standard InChI is InChI=1S/C17H16ClN5OS/c1-11-7-12(2)23(22-11)15-8-17(20-10-19-15)25-9-16(24)21-14-6-4-3-5-13(14)18/h3-8,10H,9H2,1-2H3,(H,21,24). The average Bonchev–Trinajstić information content (AvgIpc) is 2.94. The highest BCUT2D eigenvalue weighted by molar-refractivity contribution is 7.99. The molecule has 0 fully saturated rings. The molecule has 1 amide bonds. The van der Waals surface area contributed by atoms with Crippen LogP contribution in [-0.2, 0) is 4.79 Å². The van der Waals surface area contributed by atoms with Crippen molar-refractivity contribution in [2.24, 2.45) is 0 Å². The summed E-state index contributed by atoms with van der Waals surface area (Å²) in [6.07, 6.45) is 1.47.